The topological polar surface area (TPSA) is 32.3 Å². The third-order valence-electron chi connectivity index (χ3n) is 3.90. The van der Waals surface area contributed by atoms with Crippen LogP contribution in [0.5, 0.6) is 0 Å². The van der Waals surface area contributed by atoms with Gasteiger partial charge in [-0.1, -0.05) is 33.6 Å². The molecule has 0 saturated carbocycles. The van der Waals surface area contributed by atoms with Gasteiger partial charge in [0, 0.05) is 6.54 Å². The summed E-state index contributed by atoms with van der Waals surface area (Å²) >= 11 is 1.70. The maximum Gasteiger partial charge on any atom is 0.241 e. The average molecular weight is 294 g/mol. The fourth-order valence-electron chi connectivity index (χ4n) is 2.64. The van der Waals surface area contributed by atoms with E-state index in [1.165, 1.54) is 5.56 Å². The van der Waals surface area contributed by atoms with E-state index in [1.54, 1.807) is 11.3 Å². The van der Waals surface area contributed by atoms with Gasteiger partial charge < -0.3 is 4.90 Å². The van der Waals surface area contributed by atoms with Crippen molar-refractivity contribution in [3.63, 3.8) is 0 Å². The Bertz CT molecular complexity index is 416. The van der Waals surface area contributed by atoms with Crippen LogP contribution < -0.4 is 5.32 Å². The van der Waals surface area contributed by atoms with Gasteiger partial charge in [-0.25, -0.2) is 0 Å². The highest BCUT2D eigenvalue weighted by Crippen LogP contribution is 2.29. The van der Waals surface area contributed by atoms with Gasteiger partial charge in [0.25, 0.3) is 0 Å². The first-order chi connectivity index (χ1) is 9.63. The molecule has 1 saturated heterocycles. The van der Waals surface area contributed by atoms with Gasteiger partial charge in [0.15, 0.2) is 0 Å². The van der Waals surface area contributed by atoms with Crippen LogP contribution in [0.15, 0.2) is 16.8 Å². The summed E-state index contributed by atoms with van der Waals surface area (Å²) in [5.41, 5.74) is 1.23. The van der Waals surface area contributed by atoms with Gasteiger partial charge in [0.2, 0.25) is 5.91 Å². The van der Waals surface area contributed by atoms with Gasteiger partial charge in [-0.15, -0.1) is 0 Å². The minimum absolute atomic E-state index is 0.00649. The molecule has 2 unspecified atom stereocenters. The minimum atomic E-state index is 0.00649. The quantitative estimate of drug-likeness (QED) is 0.830. The Kier molecular flexibility index (Phi) is 5.61. The molecule has 2 atom stereocenters. The first-order valence-electron chi connectivity index (χ1n) is 7.72. The molecule has 112 valence electrons. The summed E-state index contributed by atoms with van der Waals surface area (Å²) in [6.45, 7) is 7.45. The highest BCUT2D eigenvalue weighted by molar-refractivity contribution is 7.07. The number of hydrogen-bond donors (Lipinski definition) is 1. The fraction of sp³-hybridized carbons (Fsp3) is 0.688. The van der Waals surface area contributed by atoms with Crippen molar-refractivity contribution in [2.45, 2.75) is 58.7 Å². The first kappa shape index (κ1) is 15.5. The number of nitrogens with one attached hydrogen (secondary N) is 1. The van der Waals surface area contributed by atoms with E-state index in [0.717, 1.165) is 32.2 Å². The smallest absolute Gasteiger partial charge is 0.241 e. The molecule has 0 aromatic carbocycles. The lowest BCUT2D eigenvalue weighted by atomic mass is 10.1. The summed E-state index contributed by atoms with van der Waals surface area (Å²) < 4.78 is 0. The lowest BCUT2D eigenvalue weighted by Crippen LogP contribution is -2.32. The Hall–Kier alpha value is -0.870. The Morgan fingerprint density at radius 3 is 2.85 bits per heavy atom. The molecular formula is C16H26N2OS. The van der Waals surface area contributed by atoms with Crippen LogP contribution in [0, 0.1) is 5.92 Å². The number of nitrogens with zero attached hydrogens (tertiary/aromatic N) is 1. The third kappa shape index (κ3) is 3.61. The lowest BCUT2D eigenvalue weighted by molar-refractivity contribution is -0.130. The van der Waals surface area contributed by atoms with Gasteiger partial charge in [-0.2, -0.15) is 11.3 Å². The molecule has 1 fully saturated rings. The van der Waals surface area contributed by atoms with Gasteiger partial charge in [-0.3, -0.25) is 10.1 Å². The summed E-state index contributed by atoms with van der Waals surface area (Å²) in [5, 5.41) is 7.77. The first-order valence-corrected chi connectivity index (χ1v) is 8.66. The van der Waals surface area contributed by atoms with Crippen molar-refractivity contribution in [1.29, 1.82) is 0 Å². The Morgan fingerprint density at radius 2 is 2.25 bits per heavy atom. The van der Waals surface area contributed by atoms with Crippen LogP contribution in [0.4, 0.5) is 0 Å². The molecule has 1 N–H and O–H groups in total. The molecule has 1 aliphatic heterocycles. The van der Waals surface area contributed by atoms with E-state index < -0.39 is 0 Å². The fourth-order valence-corrected chi connectivity index (χ4v) is 3.32. The van der Waals surface area contributed by atoms with Crippen LogP contribution in [0.1, 0.15) is 58.2 Å². The number of thiophene rings is 1. The largest absolute Gasteiger partial charge is 0.322 e. The zero-order valence-corrected chi connectivity index (χ0v) is 13.6. The van der Waals surface area contributed by atoms with Crippen molar-refractivity contribution in [3.8, 4) is 0 Å². The number of hydrogen-bond acceptors (Lipinski definition) is 3. The minimum Gasteiger partial charge on any atom is -0.322 e. The van der Waals surface area contributed by atoms with E-state index in [-0.39, 0.29) is 18.1 Å². The molecule has 0 spiro atoms. The second kappa shape index (κ2) is 7.23. The molecule has 0 aliphatic carbocycles. The maximum absolute atomic E-state index is 12.6. The van der Waals surface area contributed by atoms with Crippen molar-refractivity contribution in [2.75, 3.05) is 6.54 Å². The SMILES string of the molecule is CCCCC1NC(c2ccsc2)N(CCC(C)C)C1=O. The second-order valence-electron chi connectivity index (χ2n) is 6.03. The number of rotatable bonds is 7. The predicted octanol–water partition coefficient (Wildman–Crippen LogP) is 3.78. The molecule has 0 bridgehead atoms. The number of amides is 1. The Balaban J connectivity index is 2.08. The van der Waals surface area contributed by atoms with E-state index in [1.807, 2.05) is 4.90 Å². The highest BCUT2D eigenvalue weighted by Gasteiger charge is 2.38. The lowest BCUT2D eigenvalue weighted by Gasteiger charge is -2.24. The molecule has 3 nitrogen and oxygen atoms in total. The molecule has 4 heteroatoms. The average Bonchev–Trinajstić information content (AvgIpc) is 3.02. The summed E-state index contributed by atoms with van der Waals surface area (Å²) in [5.74, 6) is 0.913. The number of carbonyl (C=O) groups excluding carboxylic acids is 1. The molecule has 20 heavy (non-hydrogen) atoms. The predicted molar refractivity (Wildman–Crippen MR) is 84.7 cm³/mol. The van der Waals surface area contributed by atoms with Crippen LogP contribution in [0.25, 0.3) is 0 Å². The summed E-state index contributed by atoms with van der Waals surface area (Å²) in [7, 11) is 0. The molecule has 1 aliphatic rings. The van der Waals surface area contributed by atoms with Crippen molar-refractivity contribution in [1.82, 2.24) is 10.2 Å². The molecule has 1 amide bonds. The van der Waals surface area contributed by atoms with Gasteiger partial charge in [-0.05, 0) is 41.1 Å². The Labute approximate surface area is 126 Å². The Morgan fingerprint density at radius 1 is 1.45 bits per heavy atom. The third-order valence-corrected chi connectivity index (χ3v) is 4.61. The molecule has 2 rings (SSSR count). The van der Waals surface area contributed by atoms with E-state index in [2.05, 4.69) is 42.9 Å². The number of carbonyl (C=O) groups is 1. The monoisotopic (exact) mass is 294 g/mol. The molecule has 0 radical (unpaired) electrons. The zero-order valence-electron chi connectivity index (χ0n) is 12.8. The standard InChI is InChI=1S/C16H26N2OS/c1-4-5-6-14-16(19)18(9-7-12(2)3)15(17-14)13-8-10-20-11-13/h8,10-12,14-15,17H,4-7,9H2,1-3H3. The van der Waals surface area contributed by atoms with E-state index in [0.29, 0.717) is 5.92 Å². The van der Waals surface area contributed by atoms with Crippen molar-refractivity contribution in [2.24, 2.45) is 5.92 Å². The van der Waals surface area contributed by atoms with E-state index in [4.69, 9.17) is 0 Å². The molecule has 1 aromatic heterocycles. The second-order valence-corrected chi connectivity index (χ2v) is 6.81. The van der Waals surface area contributed by atoms with Gasteiger partial charge >= 0.3 is 0 Å². The van der Waals surface area contributed by atoms with Crippen molar-refractivity contribution >= 4 is 17.2 Å². The molecular weight excluding hydrogens is 268 g/mol. The summed E-state index contributed by atoms with van der Waals surface area (Å²) in [6.07, 6.45) is 4.34. The maximum atomic E-state index is 12.6. The molecule has 2 heterocycles. The zero-order chi connectivity index (χ0) is 14.5. The van der Waals surface area contributed by atoms with E-state index >= 15 is 0 Å². The van der Waals surface area contributed by atoms with Crippen molar-refractivity contribution < 1.29 is 4.79 Å². The summed E-state index contributed by atoms with van der Waals surface area (Å²) in [6, 6.07) is 2.13. The number of unbranched alkanes of at least 4 members (excludes halogenated alkanes) is 1. The molecule has 1 aromatic rings. The normalized spacial score (nSPS) is 23.0. The van der Waals surface area contributed by atoms with Crippen molar-refractivity contribution in [3.05, 3.63) is 22.4 Å². The van der Waals surface area contributed by atoms with Crippen LogP contribution in [-0.2, 0) is 4.79 Å². The van der Waals surface area contributed by atoms with Crippen LogP contribution >= 0.6 is 11.3 Å². The van der Waals surface area contributed by atoms with Gasteiger partial charge in [0.1, 0.15) is 6.17 Å². The van der Waals surface area contributed by atoms with Crippen LogP contribution in [0.2, 0.25) is 0 Å². The van der Waals surface area contributed by atoms with Gasteiger partial charge in [0.05, 0.1) is 6.04 Å². The summed E-state index contributed by atoms with van der Waals surface area (Å²) in [4.78, 5) is 14.6. The van der Waals surface area contributed by atoms with E-state index in [9.17, 15) is 4.79 Å². The van der Waals surface area contributed by atoms with Crippen LogP contribution in [0.3, 0.4) is 0 Å². The van der Waals surface area contributed by atoms with Crippen LogP contribution in [-0.4, -0.2) is 23.4 Å². The highest BCUT2D eigenvalue weighted by atomic mass is 32.1.